The van der Waals surface area contributed by atoms with Gasteiger partial charge in [0.1, 0.15) is 6.10 Å². The highest BCUT2D eigenvalue weighted by atomic mass is 16.5. The lowest BCUT2D eigenvalue weighted by Crippen LogP contribution is -2.30. The molecule has 3 rings (SSSR count). The summed E-state index contributed by atoms with van der Waals surface area (Å²) in [7, 11) is 1.68. The molecule has 3 N–H and O–H groups in total. The highest BCUT2D eigenvalue weighted by molar-refractivity contribution is 5.40. The van der Waals surface area contributed by atoms with Gasteiger partial charge in [-0.05, 0) is 49.8 Å². The number of methoxy groups -OCH3 is 1. The van der Waals surface area contributed by atoms with Crippen LogP contribution < -0.4 is 11.1 Å². The topological polar surface area (TPSA) is 56.5 Å². The van der Waals surface area contributed by atoms with Crippen molar-refractivity contribution in [3.63, 3.8) is 0 Å². The first-order chi connectivity index (χ1) is 12.3. The van der Waals surface area contributed by atoms with Crippen LogP contribution in [0.15, 0.2) is 36.2 Å². The smallest absolute Gasteiger partial charge is 0.123 e. The Morgan fingerprint density at radius 2 is 2.28 bits per heavy atom. The Morgan fingerprint density at radius 3 is 3.00 bits per heavy atom. The summed E-state index contributed by atoms with van der Waals surface area (Å²) >= 11 is 0. The Morgan fingerprint density at radius 1 is 1.40 bits per heavy atom. The minimum atomic E-state index is -0.276. The first-order valence-electron chi connectivity index (χ1n) is 9.21. The van der Waals surface area contributed by atoms with Crippen molar-refractivity contribution in [1.29, 1.82) is 0 Å². The van der Waals surface area contributed by atoms with Crippen molar-refractivity contribution in [3.8, 4) is 11.8 Å². The monoisotopic (exact) mass is 340 g/mol. The number of benzene rings is 1. The van der Waals surface area contributed by atoms with E-state index in [1.54, 1.807) is 7.11 Å². The lowest BCUT2D eigenvalue weighted by Gasteiger charge is -2.23. The van der Waals surface area contributed by atoms with Crippen LogP contribution >= 0.6 is 0 Å². The van der Waals surface area contributed by atoms with E-state index in [-0.39, 0.29) is 12.2 Å². The Bertz CT molecular complexity index is 649. The van der Waals surface area contributed by atoms with Gasteiger partial charge in [-0.1, -0.05) is 24.0 Å². The predicted octanol–water partition coefficient (Wildman–Crippen LogP) is 3.09. The highest BCUT2D eigenvalue weighted by Crippen LogP contribution is 2.28. The number of ether oxygens (including phenoxy) is 2. The van der Waals surface area contributed by atoms with Crippen LogP contribution in [0.5, 0.6) is 0 Å². The highest BCUT2D eigenvalue weighted by Gasteiger charge is 2.18. The third kappa shape index (κ3) is 5.52. The van der Waals surface area contributed by atoms with E-state index in [4.69, 9.17) is 15.2 Å². The molecule has 25 heavy (non-hydrogen) atoms. The fraction of sp³-hybridized carbons (Fsp3) is 0.524. The molecule has 0 aromatic heterocycles. The van der Waals surface area contributed by atoms with E-state index in [2.05, 4.69) is 23.2 Å². The maximum absolute atomic E-state index is 6.26. The second-order valence-electron chi connectivity index (χ2n) is 6.83. The Kier molecular flexibility index (Phi) is 6.38. The quantitative estimate of drug-likeness (QED) is 0.782. The zero-order valence-electron chi connectivity index (χ0n) is 15.0. The molecule has 0 bridgehead atoms. The number of hydrogen-bond donors (Lipinski definition) is 2. The van der Waals surface area contributed by atoms with Crippen molar-refractivity contribution in [1.82, 2.24) is 5.32 Å². The third-order valence-corrected chi connectivity index (χ3v) is 4.61. The molecule has 1 saturated carbocycles. The molecule has 2 unspecified atom stereocenters. The van der Waals surface area contributed by atoms with Gasteiger partial charge in [0.05, 0.1) is 11.8 Å². The zero-order chi connectivity index (χ0) is 17.5. The van der Waals surface area contributed by atoms with Crippen molar-refractivity contribution in [2.75, 3.05) is 20.3 Å². The fourth-order valence-corrected chi connectivity index (χ4v) is 3.01. The second kappa shape index (κ2) is 8.94. The average Bonchev–Trinajstić information content (AvgIpc) is 3.46. The van der Waals surface area contributed by atoms with Crippen LogP contribution in [0.25, 0.3) is 0 Å². The van der Waals surface area contributed by atoms with Gasteiger partial charge in [-0.3, -0.25) is 0 Å². The maximum atomic E-state index is 6.26. The van der Waals surface area contributed by atoms with E-state index in [0.717, 1.165) is 30.7 Å². The summed E-state index contributed by atoms with van der Waals surface area (Å²) in [6.07, 6.45) is 7.83. The molecule has 0 amide bonds. The van der Waals surface area contributed by atoms with Crippen LogP contribution in [0.3, 0.4) is 0 Å². The summed E-state index contributed by atoms with van der Waals surface area (Å²) in [5.74, 6) is 7.14. The van der Waals surface area contributed by atoms with E-state index in [1.165, 1.54) is 25.7 Å². The van der Waals surface area contributed by atoms with E-state index in [9.17, 15) is 0 Å². The molecule has 134 valence electrons. The maximum Gasteiger partial charge on any atom is 0.123 e. The lowest BCUT2D eigenvalue weighted by molar-refractivity contribution is 0.0187. The van der Waals surface area contributed by atoms with Gasteiger partial charge in [-0.25, -0.2) is 0 Å². The van der Waals surface area contributed by atoms with Gasteiger partial charge in [0, 0.05) is 37.9 Å². The minimum Gasteiger partial charge on any atom is -0.398 e. The summed E-state index contributed by atoms with van der Waals surface area (Å²) in [5, 5.41) is 3.28. The van der Waals surface area contributed by atoms with Crippen LogP contribution in [-0.4, -0.2) is 26.4 Å². The standard InChI is InChI=1S/C21H28N2O2/c1-24-21(20(22)15-23-14-19-7-2-3-12-25-19)18-6-4-5-17(13-18)11-10-16-8-9-16/h4-6,13,15-16,19,21,23H,2-3,7-9,12,14,22H2,1H3/b20-15-. The Labute approximate surface area is 150 Å². The molecule has 1 heterocycles. The molecule has 2 fully saturated rings. The predicted molar refractivity (Wildman–Crippen MR) is 99.7 cm³/mol. The van der Waals surface area contributed by atoms with Gasteiger partial charge in [0.2, 0.25) is 0 Å². The normalized spacial score (nSPS) is 22.0. The van der Waals surface area contributed by atoms with Crippen LogP contribution in [0.1, 0.15) is 49.3 Å². The van der Waals surface area contributed by atoms with E-state index in [0.29, 0.717) is 11.6 Å². The fourth-order valence-electron chi connectivity index (χ4n) is 3.01. The van der Waals surface area contributed by atoms with Crippen molar-refractivity contribution in [3.05, 3.63) is 47.3 Å². The van der Waals surface area contributed by atoms with Gasteiger partial charge in [-0.2, -0.15) is 0 Å². The SMILES string of the molecule is COC(/C(N)=C/NCC1CCCCO1)c1cccc(C#CC2CC2)c1. The average molecular weight is 340 g/mol. The van der Waals surface area contributed by atoms with Crippen molar-refractivity contribution >= 4 is 0 Å². The van der Waals surface area contributed by atoms with Gasteiger partial charge >= 0.3 is 0 Å². The third-order valence-electron chi connectivity index (χ3n) is 4.61. The van der Waals surface area contributed by atoms with Gasteiger partial charge in [0.15, 0.2) is 0 Å². The van der Waals surface area contributed by atoms with Crippen LogP contribution in [-0.2, 0) is 9.47 Å². The van der Waals surface area contributed by atoms with Crippen LogP contribution in [0.2, 0.25) is 0 Å². The molecular weight excluding hydrogens is 312 g/mol. The Balaban J connectivity index is 1.60. The summed E-state index contributed by atoms with van der Waals surface area (Å²) in [5.41, 5.74) is 8.95. The Hall–Kier alpha value is -1.96. The van der Waals surface area contributed by atoms with E-state index in [1.807, 2.05) is 24.4 Å². The summed E-state index contributed by atoms with van der Waals surface area (Å²) in [6, 6.07) is 8.13. The van der Waals surface area contributed by atoms with Crippen LogP contribution in [0, 0.1) is 17.8 Å². The molecule has 0 radical (unpaired) electrons. The van der Waals surface area contributed by atoms with Crippen molar-refractivity contribution < 1.29 is 9.47 Å². The molecule has 1 saturated heterocycles. The van der Waals surface area contributed by atoms with Gasteiger partial charge in [-0.15, -0.1) is 0 Å². The number of nitrogens with one attached hydrogen (secondary N) is 1. The van der Waals surface area contributed by atoms with Crippen molar-refractivity contribution in [2.45, 2.75) is 44.3 Å². The largest absolute Gasteiger partial charge is 0.398 e. The molecule has 4 heteroatoms. The minimum absolute atomic E-state index is 0.276. The molecule has 0 spiro atoms. The van der Waals surface area contributed by atoms with E-state index < -0.39 is 0 Å². The number of nitrogens with two attached hydrogens (primary N) is 1. The van der Waals surface area contributed by atoms with Gasteiger partial charge in [0.25, 0.3) is 0 Å². The molecule has 1 aromatic rings. The molecular formula is C21H28N2O2. The molecule has 2 aliphatic rings. The summed E-state index contributed by atoms with van der Waals surface area (Å²) in [4.78, 5) is 0. The molecule has 2 atom stereocenters. The molecule has 1 aromatic carbocycles. The molecule has 1 aliphatic heterocycles. The molecule has 4 nitrogen and oxygen atoms in total. The molecule has 1 aliphatic carbocycles. The summed E-state index contributed by atoms with van der Waals surface area (Å²) < 4.78 is 11.3. The van der Waals surface area contributed by atoms with E-state index >= 15 is 0 Å². The number of rotatable bonds is 6. The first-order valence-corrected chi connectivity index (χ1v) is 9.21. The summed E-state index contributed by atoms with van der Waals surface area (Å²) in [6.45, 7) is 1.64. The zero-order valence-corrected chi connectivity index (χ0v) is 15.0. The second-order valence-corrected chi connectivity index (χ2v) is 6.83. The number of hydrogen-bond acceptors (Lipinski definition) is 4. The van der Waals surface area contributed by atoms with Crippen LogP contribution in [0.4, 0.5) is 0 Å². The van der Waals surface area contributed by atoms with Crippen molar-refractivity contribution in [2.24, 2.45) is 11.7 Å². The van der Waals surface area contributed by atoms with Gasteiger partial charge < -0.3 is 20.5 Å². The first kappa shape index (κ1) is 17.8. The lowest BCUT2D eigenvalue weighted by atomic mass is 10.0.